The average molecular weight is 318 g/mol. The van der Waals surface area contributed by atoms with E-state index < -0.39 is 5.41 Å². The Morgan fingerprint density at radius 1 is 1.09 bits per heavy atom. The lowest BCUT2D eigenvalue weighted by Gasteiger charge is -2.40. The van der Waals surface area contributed by atoms with Gasteiger partial charge in [0.2, 0.25) is 5.91 Å². The van der Waals surface area contributed by atoms with Crippen LogP contribution in [0.2, 0.25) is 5.02 Å². The maximum atomic E-state index is 12.9. The van der Waals surface area contributed by atoms with Gasteiger partial charge in [-0.2, -0.15) is 0 Å². The Balaban J connectivity index is 1.71. The number of carbonyl (C=O) groups is 1. The van der Waals surface area contributed by atoms with Gasteiger partial charge in [-0.25, -0.2) is 4.39 Å². The van der Waals surface area contributed by atoms with Gasteiger partial charge in [0.1, 0.15) is 5.82 Å². The Morgan fingerprint density at radius 2 is 1.73 bits per heavy atom. The largest absolute Gasteiger partial charge is 0.351 e. The van der Waals surface area contributed by atoms with Crippen LogP contribution in [0, 0.1) is 5.82 Å². The summed E-state index contributed by atoms with van der Waals surface area (Å²) in [5, 5.41) is 3.65. The molecular weight excluding hydrogens is 301 g/mol. The maximum absolute atomic E-state index is 12.9. The van der Waals surface area contributed by atoms with Crippen molar-refractivity contribution in [1.29, 1.82) is 0 Å². The van der Waals surface area contributed by atoms with E-state index in [0.717, 1.165) is 30.4 Å². The van der Waals surface area contributed by atoms with E-state index in [1.807, 2.05) is 24.3 Å². The van der Waals surface area contributed by atoms with Gasteiger partial charge in [-0.05, 0) is 48.2 Å². The summed E-state index contributed by atoms with van der Waals surface area (Å²) in [6, 6.07) is 13.7. The molecule has 22 heavy (non-hydrogen) atoms. The second-order valence-corrected chi connectivity index (χ2v) is 6.19. The number of rotatable bonds is 4. The van der Waals surface area contributed by atoms with Gasteiger partial charge in [0.15, 0.2) is 0 Å². The molecule has 2 aromatic carbocycles. The van der Waals surface area contributed by atoms with Crippen LogP contribution in [0.4, 0.5) is 4.39 Å². The standard InChI is InChI=1S/C18H17ClFNO/c19-15-6-4-14(5-7-15)18(10-1-11-18)17(22)21-12-13-2-8-16(20)9-3-13/h2-9H,1,10-12H2,(H,21,22). The summed E-state index contributed by atoms with van der Waals surface area (Å²) >= 11 is 5.93. The van der Waals surface area contributed by atoms with Crippen molar-refractivity contribution in [2.24, 2.45) is 0 Å². The lowest BCUT2D eigenvalue weighted by Crippen LogP contribution is -2.48. The average Bonchev–Trinajstić information content (AvgIpc) is 2.47. The van der Waals surface area contributed by atoms with Crippen LogP contribution >= 0.6 is 11.6 Å². The molecule has 2 aromatic rings. The molecule has 114 valence electrons. The summed E-state index contributed by atoms with van der Waals surface area (Å²) in [5.41, 5.74) is 1.46. The molecule has 0 unspecified atom stereocenters. The number of carbonyl (C=O) groups excluding carboxylic acids is 1. The predicted molar refractivity (Wildman–Crippen MR) is 85.2 cm³/mol. The third-order valence-corrected chi connectivity index (χ3v) is 4.66. The van der Waals surface area contributed by atoms with Gasteiger partial charge < -0.3 is 5.32 Å². The van der Waals surface area contributed by atoms with Crippen molar-refractivity contribution < 1.29 is 9.18 Å². The number of amides is 1. The minimum absolute atomic E-state index is 0.0328. The monoisotopic (exact) mass is 317 g/mol. The van der Waals surface area contributed by atoms with Crippen molar-refractivity contribution in [2.75, 3.05) is 0 Å². The molecule has 2 nitrogen and oxygen atoms in total. The zero-order valence-electron chi connectivity index (χ0n) is 12.1. The van der Waals surface area contributed by atoms with Gasteiger partial charge in [-0.3, -0.25) is 4.79 Å². The molecule has 0 saturated heterocycles. The van der Waals surface area contributed by atoms with E-state index in [-0.39, 0.29) is 11.7 Å². The van der Waals surface area contributed by atoms with Gasteiger partial charge in [-0.1, -0.05) is 42.3 Å². The van der Waals surface area contributed by atoms with Crippen molar-refractivity contribution in [3.05, 3.63) is 70.5 Å². The molecule has 1 amide bonds. The summed E-state index contributed by atoms with van der Waals surface area (Å²) in [7, 11) is 0. The van der Waals surface area contributed by atoms with Crippen LogP contribution in [0.25, 0.3) is 0 Å². The van der Waals surface area contributed by atoms with Crippen LogP contribution in [0.15, 0.2) is 48.5 Å². The maximum Gasteiger partial charge on any atom is 0.230 e. The second kappa shape index (κ2) is 6.09. The summed E-state index contributed by atoms with van der Waals surface area (Å²) in [6.45, 7) is 0.411. The fourth-order valence-electron chi connectivity index (χ4n) is 2.90. The third-order valence-electron chi connectivity index (χ3n) is 4.40. The first-order valence-electron chi connectivity index (χ1n) is 7.39. The van der Waals surface area contributed by atoms with E-state index in [1.165, 1.54) is 12.1 Å². The molecule has 0 radical (unpaired) electrons. The number of hydrogen-bond donors (Lipinski definition) is 1. The van der Waals surface area contributed by atoms with E-state index in [2.05, 4.69) is 5.32 Å². The first kappa shape index (κ1) is 15.0. The van der Waals surface area contributed by atoms with Gasteiger partial charge >= 0.3 is 0 Å². The minimum atomic E-state index is -0.440. The van der Waals surface area contributed by atoms with Crippen LogP contribution in [0.5, 0.6) is 0 Å². The highest BCUT2D eigenvalue weighted by molar-refractivity contribution is 6.30. The molecule has 0 heterocycles. The predicted octanol–water partition coefficient (Wildman–Crippen LogP) is 4.22. The van der Waals surface area contributed by atoms with Crippen LogP contribution < -0.4 is 5.32 Å². The Morgan fingerprint density at radius 3 is 2.27 bits per heavy atom. The van der Waals surface area contributed by atoms with Crippen LogP contribution in [-0.4, -0.2) is 5.91 Å². The van der Waals surface area contributed by atoms with Crippen molar-refractivity contribution in [3.63, 3.8) is 0 Å². The normalized spacial score (nSPS) is 15.9. The molecule has 1 saturated carbocycles. The first-order chi connectivity index (χ1) is 10.6. The van der Waals surface area contributed by atoms with E-state index in [4.69, 9.17) is 11.6 Å². The molecule has 0 aromatic heterocycles. The molecule has 1 fully saturated rings. The highest BCUT2D eigenvalue weighted by Crippen LogP contribution is 2.44. The molecular formula is C18H17ClFNO. The number of hydrogen-bond acceptors (Lipinski definition) is 1. The van der Waals surface area contributed by atoms with Gasteiger partial charge in [-0.15, -0.1) is 0 Å². The molecule has 0 atom stereocenters. The smallest absolute Gasteiger partial charge is 0.230 e. The second-order valence-electron chi connectivity index (χ2n) is 5.75. The van der Waals surface area contributed by atoms with Crippen molar-refractivity contribution >= 4 is 17.5 Å². The van der Waals surface area contributed by atoms with Gasteiger partial charge in [0.25, 0.3) is 0 Å². The molecule has 0 aliphatic heterocycles. The lowest BCUT2D eigenvalue weighted by molar-refractivity contribution is -0.130. The highest BCUT2D eigenvalue weighted by atomic mass is 35.5. The number of nitrogens with one attached hydrogen (secondary N) is 1. The number of halogens is 2. The van der Waals surface area contributed by atoms with Gasteiger partial charge in [0, 0.05) is 11.6 Å². The highest BCUT2D eigenvalue weighted by Gasteiger charge is 2.45. The lowest BCUT2D eigenvalue weighted by atomic mass is 9.64. The van der Waals surface area contributed by atoms with Crippen LogP contribution in [0.3, 0.4) is 0 Å². The third kappa shape index (κ3) is 2.86. The molecule has 4 heteroatoms. The van der Waals surface area contributed by atoms with E-state index in [9.17, 15) is 9.18 Å². The molecule has 1 aliphatic rings. The van der Waals surface area contributed by atoms with Crippen LogP contribution in [-0.2, 0) is 16.8 Å². The SMILES string of the molecule is O=C(NCc1ccc(F)cc1)C1(c2ccc(Cl)cc2)CCC1. The zero-order valence-corrected chi connectivity index (χ0v) is 12.9. The fourth-order valence-corrected chi connectivity index (χ4v) is 3.03. The molecule has 0 spiro atoms. The zero-order chi connectivity index (χ0) is 15.6. The van der Waals surface area contributed by atoms with Crippen molar-refractivity contribution in [1.82, 2.24) is 5.32 Å². The Kier molecular flexibility index (Phi) is 4.16. The Labute approximate surface area is 134 Å². The van der Waals surface area contributed by atoms with Crippen LogP contribution in [0.1, 0.15) is 30.4 Å². The summed E-state index contributed by atoms with van der Waals surface area (Å²) in [5.74, 6) is -0.239. The summed E-state index contributed by atoms with van der Waals surface area (Å²) < 4.78 is 12.9. The molecule has 1 aliphatic carbocycles. The molecule has 3 rings (SSSR count). The summed E-state index contributed by atoms with van der Waals surface area (Å²) in [6.07, 6.45) is 2.75. The fraction of sp³-hybridized carbons (Fsp3) is 0.278. The topological polar surface area (TPSA) is 29.1 Å². The van der Waals surface area contributed by atoms with Gasteiger partial charge in [0.05, 0.1) is 5.41 Å². The van der Waals surface area contributed by atoms with E-state index >= 15 is 0 Å². The van der Waals surface area contributed by atoms with Crippen molar-refractivity contribution in [3.8, 4) is 0 Å². The minimum Gasteiger partial charge on any atom is -0.351 e. The molecule has 0 bridgehead atoms. The first-order valence-corrected chi connectivity index (χ1v) is 7.77. The number of benzene rings is 2. The molecule has 1 N–H and O–H groups in total. The summed E-state index contributed by atoms with van der Waals surface area (Å²) in [4.78, 5) is 12.7. The van der Waals surface area contributed by atoms with E-state index in [1.54, 1.807) is 12.1 Å². The Hall–Kier alpha value is -1.87. The van der Waals surface area contributed by atoms with Crippen molar-refractivity contribution in [2.45, 2.75) is 31.2 Å². The Bertz CT molecular complexity index is 662. The van der Waals surface area contributed by atoms with E-state index in [0.29, 0.717) is 11.6 Å². The quantitative estimate of drug-likeness (QED) is 0.899.